The number of amides is 1. The summed E-state index contributed by atoms with van der Waals surface area (Å²) in [5.41, 5.74) is 3.15. The monoisotopic (exact) mass is 384 g/mol. The maximum absolute atomic E-state index is 12.4. The molecule has 138 valence electrons. The van der Waals surface area contributed by atoms with Crippen molar-refractivity contribution in [3.63, 3.8) is 0 Å². The van der Waals surface area contributed by atoms with Crippen molar-refractivity contribution in [2.45, 2.75) is 6.61 Å². The molecule has 26 heavy (non-hydrogen) atoms. The summed E-state index contributed by atoms with van der Waals surface area (Å²) in [6.45, 7) is -3.04. The zero-order valence-electron chi connectivity index (χ0n) is 13.8. The highest BCUT2D eigenvalue weighted by atomic mass is 35.5. The zero-order chi connectivity index (χ0) is 19.1. The number of hydrogen-bond donors (Lipinski definition) is 1. The number of hydrogen-bond acceptors (Lipinski definition) is 5. The molecule has 0 aliphatic rings. The van der Waals surface area contributed by atoms with Crippen LogP contribution in [-0.2, 0) is 0 Å². The molecule has 0 saturated heterocycles. The molecule has 0 unspecified atom stereocenters. The number of hydrazone groups is 1. The maximum Gasteiger partial charge on any atom is 0.387 e. The van der Waals surface area contributed by atoms with E-state index in [0.717, 1.165) is 0 Å². The number of benzene rings is 2. The van der Waals surface area contributed by atoms with Gasteiger partial charge in [-0.15, -0.1) is 0 Å². The van der Waals surface area contributed by atoms with Crippen LogP contribution in [0.25, 0.3) is 0 Å². The van der Waals surface area contributed by atoms with Crippen molar-refractivity contribution in [2.75, 3.05) is 14.2 Å². The van der Waals surface area contributed by atoms with Crippen molar-refractivity contribution in [1.82, 2.24) is 5.43 Å². The highest BCUT2D eigenvalue weighted by Crippen LogP contribution is 2.37. The molecule has 0 aliphatic carbocycles. The minimum Gasteiger partial charge on any atom is -0.497 e. The highest BCUT2D eigenvalue weighted by Gasteiger charge is 2.15. The lowest BCUT2D eigenvalue weighted by Crippen LogP contribution is -2.17. The van der Waals surface area contributed by atoms with E-state index >= 15 is 0 Å². The van der Waals surface area contributed by atoms with Gasteiger partial charge in [-0.2, -0.15) is 13.9 Å². The molecule has 0 bridgehead atoms. The predicted octanol–water partition coefficient (Wildman–Crippen LogP) is 3.72. The molecule has 0 aliphatic heterocycles. The molecule has 2 aromatic rings. The predicted molar refractivity (Wildman–Crippen MR) is 92.7 cm³/mol. The van der Waals surface area contributed by atoms with Crippen molar-refractivity contribution in [1.29, 1.82) is 0 Å². The zero-order valence-corrected chi connectivity index (χ0v) is 14.6. The number of nitrogens with one attached hydrogen (secondary N) is 1. The van der Waals surface area contributed by atoms with E-state index in [1.807, 2.05) is 0 Å². The first-order valence-electron chi connectivity index (χ1n) is 7.24. The quantitative estimate of drug-likeness (QED) is 0.583. The van der Waals surface area contributed by atoms with Crippen molar-refractivity contribution in [2.24, 2.45) is 5.10 Å². The van der Waals surface area contributed by atoms with Crippen LogP contribution in [0.4, 0.5) is 8.78 Å². The van der Waals surface area contributed by atoms with E-state index in [4.69, 9.17) is 21.1 Å². The topological polar surface area (TPSA) is 69.2 Å². The van der Waals surface area contributed by atoms with Crippen molar-refractivity contribution in [3.8, 4) is 17.2 Å². The molecule has 0 radical (unpaired) electrons. The third-order valence-electron chi connectivity index (χ3n) is 3.19. The maximum atomic E-state index is 12.4. The third kappa shape index (κ3) is 5.06. The standard InChI is InChI=1S/C17H15ClF2N2O4/c1-24-12-5-3-11(4-6-12)16(23)22-21-9-10-7-13(18)15(26-17(19)20)14(8-10)25-2/h3-9,17H,1-2H3,(H,22,23)/b21-9-. The summed E-state index contributed by atoms with van der Waals surface area (Å²) >= 11 is 5.92. The minimum atomic E-state index is -3.04. The summed E-state index contributed by atoms with van der Waals surface area (Å²) in [4.78, 5) is 12.0. The van der Waals surface area contributed by atoms with Gasteiger partial charge in [0.25, 0.3) is 5.91 Å². The second kappa shape index (κ2) is 9.00. The van der Waals surface area contributed by atoms with Gasteiger partial charge in [0.15, 0.2) is 11.5 Å². The molecular formula is C17H15ClF2N2O4. The molecule has 0 spiro atoms. The summed E-state index contributed by atoms with van der Waals surface area (Å²) in [7, 11) is 2.81. The van der Waals surface area contributed by atoms with E-state index in [1.54, 1.807) is 24.3 Å². The largest absolute Gasteiger partial charge is 0.497 e. The first-order chi connectivity index (χ1) is 12.4. The number of methoxy groups -OCH3 is 2. The fourth-order valence-corrected chi connectivity index (χ4v) is 2.25. The Morgan fingerprint density at radius 1 is 1.19 bits per heavy atom. The van der Waals surface area contributed by atoms with Gasteiger partial charge in [0.05, 0.1) is 25.5 Å². The first-order valence-corrected chi connectivity index (χ1v) is 7.62. The van der Waals surface area contributed by atoms with Gasteiger partial charge in [-0.25, -0.2) is 5.43 Å². The smallest absolute Gasteiger partial charge is 0.387 e. The molecule has 0 fully saturated rings. The molecule has 2 aromatic carbocycles. The summed E-state index contributed by atoms with van der Waals surface area (Å²) < 4.78 is 39.1. The number of halogens is 3. The number of carbonyl (C=O) groups excluding carboxylic acids is 1. The number of rotatable bonds is 7. The number of alkyl halides is 2. The van der Waals surface area contributed by atoms with Gasteiger partial charge in [0.2, 0.25) is 0 Å². The van der Waals surface area contributed by atoms with E-state index < -0.39 is 12.5 Å². The molecule has 9 heteroatoms. The van der Waals surface area contributed by atoms with Gasteiger partial charge in [-0.1, -0.05) is 11.6 Å². The molecule has 0 atom stereocenters. The SMILES string of the molecule is COc1ccc(C(=O)N/N=C\c2cc(Cl)c(OC(F)F)c(OC)c2)cc1. The van der Waals surface area contributed by atoms with Gasteiger partial charge in [0, 0.05) is 5.56 Å². The fourth-order valence-electron chi connectivity index (χ4n) is 1.99. The highest BCUT2D eigenvalue weighted by molar-refractivity contribution is 6.32. The van der Waals surface area contributed by atoms with Gasteiger partial charge in [0.1, 0.15) is 5.75 Å². The fraction of sp³-hybridized carbons (Fsp3) is 0.176. The minimum absolute atomic E-state index is 0.0146. The Bertz CT molecular complexity index is 798. The third-order valence-corrected chi connectivity index (χ3v) is 3.47. The van der Waals surface area contributed by atoms with E-state index in [2.05, 4.69) is 15.3 Å². The van der Waals surface area contributed by atoms with Crippen LogP contribution in [0.15, 0.2) is 41.5 Å². The number of ether oxygens (including phenoxy) is 3. The molecule has 0 heterocycles. The van der Waals surface area contributed by atoms with Gasteiger partial charge in [-0.05, 0) is 42.0 Å². The number of carbonyl (C=O) groups is 1. The number of nitrogens with zero attached hydrogens (tertiary/aromatic N) is 1. The normalized spacial score (nSPS) is 10.8. The Labute approximate surface area is 153 Å². The van der Waals surface area contributed by atoms with E-state index in [9.17, 15) is 13.6 Å². The molecule has 1 amide bonds. The molecule has 6 nitrogen and oxygen atoms in total. The Morgan fingerprint density at radius 2 is 1.88 bits per heavy atom. The van der Waals surface area contributed by atoms with Crippen LogP contribution in [0.2, 0.25) is 5.02 Å². The lowest BCUT2D eigenvalue weighted by Gasteiger charge is -2.12. The van der Waals surface area contributed by atoms with Gasteiger partial charge < -0.3 is 14.2 Å². The van der Waals surface area contributed by atoms with Crippen molar-refractivity contribution < 1.29 is 27.8 Å². The van der Waals surface area contributed by atoms with Gasteiger partial charge in [-0.3, -0.25) is 4.79 Å². The van der Waals surface area contributed by atoms with E-state index in [-0.39, 0.29) is 16.5 Å². The van der Waals surface area contributed by atoms with Crippen molar-refractivity contribution >= 4 is 23.7 Å². The van der Waals surface area contributed by atoms with Crippen LogP contribution < -0.4 is 19.6 Å². The van der Waals surface area contributed by atoms with Crippen LogP contribution in [-0.4, -0.2) is 33.0 Å². The Morgan fingerprint density at radius 3 is 2.46 bits per heavy atom. The molecule has 2 rings (SSSR count). The Hall–Kier alpha value is -2.87. The average molecular weight is 385 g/mol. The molecule has 1 N–H and O–H groups in total. The van der Waals surface area contributed by atoms with E-state index in [0.29, 0.717) is 16.9 Å². The summed E-state index contributed by atoms with van der Waals surface area (Å²) in [5.74, 6) is -0.0678. The Kier molecular flexibility index (Phi) is 6.74. The summed E-state index contributed by atoms with van der Waals surface area (Å²) in [6, 6.07) is 9.20. The summed E-state index contributed by atoms with van der Waals surface area (Å²) in [5, 5.41) is 3.73. The summed E-state index contributed by atoms with van der Waals surface area (Å²) in [6.07, 6.45) is 1.29. The average Bonchev–Trinajstić information content (AvgIpc) is 2.63. The molecule has 0 aromatic heterocycles. The molecule has 0 saturated carbocycles. The first kappa shape index (κ1) is 19.5. The van der Waals surface area contributed by atoms with Crippen LogP contribution in [0.1, 0.15) is 15.9 Å². The van der Waals surface area contributed by atoms with Crippen LogP contribution in [0.3, 0.4) is 0 Å². The molecular weight excluding hydrogens is 370 g/mol. The lowest BCUT2D eigenvalue weighted by atomic mass is 10.2. The second-order valence-electron chi connectivity index (χ2n) is 4.84. The Balaban J connectivity index is 2.09. The van der Waals surface area contributed by atoms with Crippen LogP contribution in [0, 0.1) is 0 Å². The van der Waals surface area contributed by atoms with Gasteiger partial charge >= 0.3 is 6.61 Å². The van der Waals surface area contributed by atoms with Crippen LogP contribution in [0.5, 0.6) is 17.2 Å². The van der Waals surface area contributed by atoms with Crippen LogP contribution >= 0.6 is 11.6 Å². The van der Waals surface area contributed by atoms with Crippen molar-refractivity contribution in [3.05, 3.63) is 52.5 Å². The van der Waals surface area contributed by atoms with E-state index in [1.165, 1.54) is 32.6 Å². The second-order valence-corrected chi connectivity index (χ2v) is 5.25. The lowest BCUT2D eigenvalue weighted by molar-refractivity contribution is -0.0511.